The van der Waals surface area contributed by atoms with Gasteiger partial charge in [0, 0.05) is 28.3 Å². The lowest BCUT2D eigenvalue weighted by atomic mass is 10.0. The Morgan fingerprint density at radius 3 is 2.35 bits per heavy atom. The van der Waals surface area contributed by atoms with Crippen LogP contribution in [0.3, 0.4) is 0 Å². The Morgan fingerprint density at radius 1 is 1.14 bits per heavy atom. The number of amides is 1. The molecule has 4 atom stereocenters. The van der Waals surface area contributed by atoms with Gasteiger partial charge in [-0.15, -0.1) is 20.2 Å². The highest BCUT2D eigenvalue weighted by molar-refractivity contribution is 6.30. The maximum Gasteiger partial charge on any atom is 0.330 e. The molecule has 0 bridgehead atoms. The van der Waals surface area contributed by atoms with Crippen molar-refractivity contribution in [1.82, 2.24) is 10.3 Å². The third-order valence-corrected chi connectivity index (χ3v) is 6.33. The average Bonchev–Trinajstić information content (AvgIpc) is 3.43. The largest absolute Gasteiger partial charge is 0.423 e. The molecule has 1 saturated carbocycles. The van der Waals surface area contributed by atoms with E-state index in [1.54, 1.807) is 25.3 Å². The Hall–Kier alpha value is -4.04. The monoisotopic (exact) mass is 536 g/mol. The van der Waals surface area contributed by atoms with Crippen LogP contribution in [-0.4, -0.2) is 45.8 Å². The lowest BCUT2D eigenvalue weighted by molar-refractivity contribution is -0.797. The molecule has 1 aromatic heterocycles. The molecule has 0 spiro atoms. The molecule has 1 fully saturated rings. The Kier molecular flexibility index (Phi) is 7.69. The van der Waals surface area contributed by atoms with Crippen molar-refractivity contribution in [3.63, 3.8) is 0 Å². The molecule has 2 heterocycles. The molecule has 4 rings (SSSR count). The van der Waals surface area contributed by atoms with E-state index in [1.165, 1.54) is 0 Å². The van der Waals surface area contributed by atoms with Gasteiger partial charge in [0.25, 0.3) is 10.2 Å². The topological polar surface area (TPSA) is 182 Å². The Bertz CT molecular complexity index is 1200. The van der Waals surface area contributed by atoms with Crippen molar-refractivity contribution in [2.45, 2.75) is 44.7 Å². The summed E-state index contributed by atoms with van der Waals surface area (Å²) in [6.07, 6.45) is -1.74. The van der Waals surface area contributed by atoms with Gasteiger partial charge in [0.05, 0.1) is 12.3 Å². The van der Waals surface area contributed by atoms with Crippen LogP contribution in [0.15, 0.2) is 30.5 Å². The molecule has 1 amide bonds. The van der Waals surface area contributed by atoms with Gasteiger partial charge in [-0.2, -0.15) is 0 Å². The third-order valence-electron chi connectivity index (χ3n) is 6.08. The molecule has 14 nitrogen and oxygen atoms in total. The van der Waals surface area contributed by atoms with Gasteiger partial charge in [-0.3, -0.25) is 9.78 Å². The smallest absolute Gasteiger partial charge is 0.330 e. The summed E-state index contributed by atoms with van der Waals surface area (Å²) in [6, 6.07) is 7.14. The fourth-order valence-electron chi connectivity index (χ4n) is 4.40. The van der Waals surface area contributed by atoms with Crippen molar-refractivity contribution >= 4 is 23.5 Å². The van der Waals surface area contributed by atoms with E-state index in [4.69, 9.17) is 21.1 Å². The van der Waals surface area contributed by atoms with Gasteiger partial charge in [-0.05, 0) is 37.5 Å². The number of pyridine rings is 1. The third kappa shape index (κ3) is 6.03. The minimum absolute atomic E-state index is 0.179. The van der Waals surface area contributed by atoms with E-state index in [-0.39, 0.29) is 25.2 Å². The van der Waals surface area contributed by atoms with Gasteiger partial charge in [0.2, 0.25) is 5.91 Å². The average molecular weight is 537 g/mol. The molecule has 196 valence electrons. The van der Waals surface area contributed by atoms with Crippen LogP contribution in [0.4, 0.5) is 0 Å². The van der Waals surface area contributed by atoms with Crippen molar-refractivity contribution in [3.05, 3.63) is 78.1 Å². The highest BCUT2D eigenvalue weighted by atomic mass is 35.5. The van der Waals surface area contributed by atoms with Crippen LogP contribution in [0.5, 0.6) is 5.75 Å². The molecular weight excluding hydrogens is 516 g/mol. The van der Waals surface area contributed by atoms with E-state index < -0.39 is 52.8 Å². The molecule has 0 radical (unpaired) electrons. The van der Waals surface area contributed by atoms with Gasteiger partial charge < -0.3 is 24.5 Å². The normalized spacial score (nSPS) is 22.1. The quantitative estimate of drug-likeness (QED) is 0.282. The number of hydrogen-bond donors (Lipinski definition) is 1. The van der Waals surface area contributed by atoms with Crippen LogP contribution in [-0.2, 0) is 30.6 Å². The number of nitrogens with zero attached hydrogens (tertiary/aromatic N) is 3. The number of halogens is 1. The van der Waals surface area contributed by atoms with Crippen molar-refractivity contribution in [3.8, 4) is 5.75 Å². The zero-order valence-corrected chi connectivity index (χ0v) is 20.1. The van der Waals surface area contributed by atoms with Crippen LogP contribution < -0.4 is 10.1 Å². The minimum atomic E-state index is -1.29. The molecular formula is C22H21ClN4O10. The summed E-state index contributed by atoms with van der Waals surface area (Å²) in [5.41, 5.74) is 2.70. The number of aromatic nitrogens is 1. The number of carbonyl (C=O) groups excluding carboxylic acids is 2. The molecule has 37 heavy (non-hydrogen) atoms. The first kappa shape index (κ1) is 26.0. The van der Waals surface area contributed by atoms with Gasteiger partial charge >= 0.3 is 5.97 Å². The predicted molar refractivity (Wildman–Crippen MR) is 122 cm³/mol. The van der Waals surface area contributed by atoms with Gasteiger partial charge in [-0.25, -0.2) is 4.79 Å². The van der Waals surface area contributed by atoms with E-state index in [0.29, 0.717) is 16.3 Å². The fraction of sp³-hybridized carbons (Fsp3) is 0.409. The molecule has 0 saturated heterocycles. The van der Waals surface area contributed by atoms with Crippen molar-refractivity contribution in [2.75, 3.05) is 6.54 Å². The zero-order valence-electron chi connectivity index (χ0n) is 19.3. The van der Waals surface area contributed by atoms with Crippen LogP contribution in [0.25, 0.3) is 0 Å². The fourth-order valence-corrected chi connectivity index (χ4v) is 4.53. The summed E-state index contributed by atoms with van der Waals surface area (Å²) in [4.78, 5) is 59.5. The summed E-state index contributed by atoms with van der Waals surface area (Å²) < 4.78 is 11.4. The first-order valence-corrected chi connectivity index (χ1v) is 11.5. The van der Waals surface area contributed by atoms with E-state index in [2.05, 4.69) is 20.0 Å². The molecule has 2 aromatic rings. The molecule has 1 unspecified atom stereocenters. The number of nitrogens with one attached hydrogen (secondary N) is 1. The van der Waals surface area contributed by atoms with E-state index in [0.717, 1.165) is 11.1 Å². The second kappa shape index (κ2) is 10.9. The number of rotatable bonds is 9. The number of carbonyl (C=O) groups is 2. The first-order valence-electron chi connectivity index (χ1n) is 11.1. The van der Waals surface area contributed by atoms with Crippen molar-refractivity contribution < 1.29 is 38.9 Å². The molecule has 1 aliphatic heterocycles. The van der Waals surface area contributed by atoms with E-state index >= 15 is 0 Å². The molecule has 1 aliphatic carbocycles. The number of aryl methyl sites for hydroxylation is 1. The highest BCUT2D eigenvalue weighted by Gasteiger charge is 2.42. The number of ether oxygens (including phenoxy) is 2. The Morgan fingerprint density at radius 2 is 1.76 bits per heavy atom. The first-order chi connectivity index (χ1) is 17.6. The molecule has 1 aromatic carbocycles. The minimum Gasteiger partial charge on any atom is -0.423 e. The van der Waals surface area contributed by atoms with E-state index in [9.17, 15) is 29.8 Å². The standard InChI is InChI=1S/C22H21ClN4O10/c1-11-20(16-10-34-21(15(16)8-24-11)12-2-4-14(23)5-3-12)35-19(28)9-25-22(29)13-6-17(36-26(30)31)18(7-13)37-27(32)33/h2-5,8,13,17-18,21H,6-7,9-10H2,1H3,(H,25,29)/t13?,17-,18+,21-/m0/s1. The lowest BCUT2D eigenvalue weighted by Gasteiger charge is -2.14. The number of fused-ring (bicyclic) bond motifs is 1. The maximum absolute atomic E-state index is 12.5. The number of benzene rings is 1. The second-order valence-corrected chi connectivity index (χ2v) is 8.88. The number of esters is 1. The summed E-state index contributed by atoms with van der Waals surface area (Å²) in [5.74, 6) is -2.10. The van der Waals surface area contributed by atoms with E-state index in [1.807, 2.05) is 12.1 Å². The highest BCUT2D eigenvalue weighted by Crippen LogP contribution is 2.41. The maximum atomic E-state index is 12.5. The predicted octanol–water partition coefficient (Wildman–Crippen LogP) is 2.25. The van der Waals surface area contributed by atoms with Crippen LogP contribution >= 0.6 is 11.6 Å². The molecule has 1 N–H and O–H groups in total. The zero-order chi connectivity index (χ0) is 26.7. The summed E-state index contributed by atoms with van der Waals surface area (Å²) in [7, 11) is 0. The lowest BCUT2D eigenvalue weighted by Crippen LogP contribution is -2.36. The van der Waals surface area contributed by atoms with Crippen LogP contribution in [0.1, 0.15) is 41.3 Å². The van der Waals surface area contributed by atoms with Crippen LogP contribution in [0.2, 0.25) is 5.02 Å². The summed E-state index contributed by atoms with van der Waals surface area (Å²) >= 11 is 5.96. The molecule has 15 heteroatoms. The van der Waals surface area contributed by atoms with Gasteiger partial charge in [0.1, 0.15) is 24.9 Å². The van der Waals surface area contributed by atoms with Gasteiger partial charge in [-0.1, -0.05) is 23.7 Å². The number of hydrogen-bond acceptors (Lipinski definition) is 11. The summed E-state index contributed by atoms with van der Waals surface area (Å²) in [5, 5.41) is 22.1. The SMILES string of the molecule is Cc1ncc2c(c1OC(=O)CNC(=O)C1C[C@H](O[N+](=O)[O-])[C@H](O[N+](=O)[O-])C1)CO[C@H]2c1ccc(Cl)cc1. The van der Waals surface area contributed by atoms with Gasteiger partial charge in [0.15, 0.2) is 5.75 Å². The van der Waals surface area contributed by atoms with Crippen molar-refractivity contribution in [2.24, 2.45) is 5.92 Å². The Labute approximate surface area is 214 Å². The van der Waals surface area contributed by atoms with Crippen LogP contribution in [0, 0.1) is 33.1 Å². The van der Waals surface area contributed by atoms with Crippen molar-refractivity contribution in [1.29, 1.82) is 0 Å². The second-order valence-electron chi connectivity index (χ2n) is 8.44. The molecule has 2 aliphatic rings. The summed E-state index contributed by atoms with van der Waals surface area (Å²) in [6.45, 7) is 1.33. The Balaban J connectivity index is 1.38.